The van der Waals surface area contributed by atoms with Crippen molar-refractivity contribution < 1.29 is 26.4 Å². The van der Waals surface area contributed by atoms with E-state index in [0.717, 1.165) is 6.07 Å². The van der Waals surface area contributed by atoms with Gasteiger partial charge in [0.15, 0.2) is 0 Å². The van der Waals surface area contributed by atoms with E-state index in [9.17, 15) is 26.4 Å². The topological polar surface area (TPSA) is 57.7 Å². The van der Waals surface area contributed by atoms with Crippen molar-refractivity contribution >= 4 is 27.7 Å². The molecule has 1 fully saturated rings. The zero-order valence-corrected chi connectivity index (χ0v) is 16.2. The average molecular weight is 430 g/mol. The molecule has 0 aliphatic carbocycles. The van der Waals surface area contributed by atoms with E-state index in [4.69, 9.17) is 0 Å². The van der Waals surface area contributed by atoms with Gasteiger partial charge in [0, 0.05) is 36.6 Å². The van der Waals surface area contributed by atoms with Gasteiger partial charge in [0.05, 0.1) is 4.90 Å². The molecule has 3 rings (SSSR count). The van der Waals surface area contributed by atoms with Crippen molar-refractivity contribution in [2.24, 2.45) is 0 Å². The summed E-state index contributed by atoms with van der Waals surface area (Å²) in [4.78, 5) is 14.3. The van der Waals surface area contributed by atoms with Gasteiger partial charge in [-0.2, -0.15) is 13.1 Å². The van der Waals surface area contributed by atoms with Crippen molar-refractivity contribution in [3.05, 3.63) is 59.9 Å². The van der Waals surface area contributed by atoms with E-state index < -0.39 is 21.6 Å². The molecule has 0 aromatic heterocycles. The van der Waals surface area contributed by atoms with Crippen LogP contribution in [0.2, 0.25) is 0 Å². The molecule has 0 radical (unpaired) electrons. The molecular weight excluding hydrogens is 413 g/mol. The number of sulfonamides is 1. The molecule has 1 saturated heterocycles. The largest absolute Gasteiger partial charge is 0.336 e. The van der Waals surface area contributed by atoms with Gasteiger partial charge in [0.25, 0.3) is 11.7 Å². The first-order valence-electron chi connectivity index (χ1n) is 8.37. The molecule has 10 heteroatoms. The maximum absolute atomic E-state index is 13.3. The molecule has 0 atom stereocenters. The summed E-state index contributed by atoms with van der Waals surface area (Å²) in [6.45, 7) is 0.537. The Morgan fingerprint density at radius 3 is 2.21 bits per heavy atom. The molecule has 0 unspecified atom stereocenters. The summed E-state index contributed by atoms with van der Waals surface area (Å²) in [5.41, 5.74) is 0.347. The lowest BCUT2D eigenvalue weighted by molar-refractivity contribution is 0.0698. The molecule has 2 aromatic carbocycles. The highest BCUT2D eigenvalue weighted by molar-refractivity contribution is 7.99. The number of piperazine rings is 1. The SMILES string of the molecule is O=C(c1ccc(SC(F)F)cc1)N1CCN(S(=O)(=O)c2cccc(F)c2)CC1. The Labute approximate surface area is 165 Å². The summed E-state index contributed by atoms with van der Waals surface area (Å²) in [6.07, 6.45) is 0. The van der Waals surface area contributed by atoms with Gasteiger partial charge in [-0.1, -0.05) is 17.8 Å². The second kappa shape index (κ2) is 8.54. The van der Waals surface area contributed by atoms with Gasteiger partial charge in [0.2, 0.25) is 10.0 Å². The molecule has 5 nitrogen and oxygen atoms in total. The molecule has 0 saturated carbocycles. The highest BCUT2D eigenvalue weighted by Crippen LogP contribution is 2.25. The number of rotatable bonds is 5. The molecule has 1 amide bonds. The van der Waals surface area contributed by atoms with Gasteiger partial charge < -0.3 is 4.90 Å². The number of carbonyl (C=O) groups is 1. The summed E-state index contributed by atoms with van der Waals surface area (Å²) < 4.78 is 64.5. The van der Waals surface area contributed by atoms with E-state index in [1.807, 2.05) is 0 Å². The molecule has 0 N–H and O–H groups in total. The van der Waals surface area contributed by atoms with Gasteiger partial charge >= 0.3 is 0 Å². The summed E-state index contributed by atoms with van der Waals surface area (Å²) >= 11 is 0.398. The normalized spacial score (nSPS) is 15.8. The Kier molecular flexibility index (Phi) is 6.31. The van der Waals surface area contributed by atoms with Crippen LogP contribution < -0.4 is 0 Å². The van der Waals surface area contributed by atoms with E-state index in [1.165, 1.54) is 51.7 Å². The van der Waals surface area contributed by atoms with Crippen LogP contribution in [0.25, 0.3) is 0 Å². The number of halogens is 3. The molecule has 0 spiro atoms. The summed E-state index contributed by atoms with van der Waals surface area (Å²) in [5, 5.41) is 0. The fraction of sp³-hybridized carbons (Fsp3) is 0.278. The molecule has 1 aliphatic heterocycles. The van der Waals surface area contributed by atoms with Crippen molar-refractivity contribution in [3.8, 4) is 0 Å². The Balaban J connectivity index is 1.64. The standard InChI is InChI=1S/C18H17F3N2O3S2/c19-14-2-1-3-16(12-14)28(25,26)23-10-8-22(9-11-23)17(24)13-4-6-15(7-5-13)27-18(20)21/h1-7,12,18H,8-11H2. The van der Waals surface area contributed by atoms with E-state index in [2.05, 4.69) is 0 Å². The lowest BCUT2D eigenvalue weighted by atomic mass is 10.2. The second-order valence-electron chi connectivity index (χ2n) is 6.06. The number of alkyl halides is 2. The van der Waals surface area contributed by atoms with E-state index in [1.54, 1.807) is 0 Å². The van der Waals surface area contributed by atoms with Crippen LogP contribution in [0.5, 0.6) is 0 Å². The van der Waals surface area contributed by atoms with Crippen LogP contribution in [0.1, 0.15) is 10.4 Å². The number of benzene rings is 2. The number of hydrogen-bond acceptors (Lipinski definition) is 4. The molecule has 1 aliphatic rings. The zero-order valence-electron chi connectivity index (χ0n) is 14.6. The van der Waals surface area contributed by atoms with Crippen molar-refractivity contribution in [1.29, 1.82) is 0 Å². The fourth-order valence-electron chi connectivity index (χ4n) is 2.87. The van der Waals surface area contributed by atoms with Gasteiger partial charge in [-0.25, -0.2) is 12.8 Å². The summed E-state index contributed by atoms with van der Waals surface area (Å²) in [5.74, 6) is -3.46. The van der Waals surface area contributed by atoms with Gasteiger partial charge in [-0.15, -0.1) is 0 Å². The van der Waals surface area contributed by atoms with Gasteiger partial charge in [-0.05, 0) is 42.5 Å². The first-order valence-corrected chi connectivity index (χ1v) is 10.7. The molecule has 2 aromatic rings. The van der Waals surface area contributed by atoms with Crippen LogP contribution in [-0.2, 0) is 10.0 Å². The number of carbonyl (C=O) groups excluding carboxylic acids is 1. The predicted molar refractivity (Wildman–Crippen MR) is 99.4 cm³/mol. The Morgan fingerprint density at radius 2 is 1.64 bits per heavy atom. The van der Waals surface area contributed by atoms with E-state index in [0.29, 0.717) is 22.2 Å². The summed E-state index contributed by atoms with van der Waals surface area (Å²) in [7, 11) is -3.83. The number of hydrogen-bond donors (Lipinski definition) is 0. The summed E-state index contributed by atoms with van der Waals surface area (Å²) in [6, 6.07) is 10.6. The highest BCUT2D eigenvalue weighted by Gasteiger charge is 2.30. The molecule has 0 bridgehead atoms. The smallest absolute Gasteiger partial charge is 0.288 e. The molecule has 1 heterocycles. The lowest BCUT2D eigenvalue weighted by Gasteiger charge is -2.34. The average Bonchev–Trinajstić information content (AvgIpc) is 2.68. The zero-order chi connectivity index (χ0) is 20.3. The number of thioether (sulfide) groups is 1. The Hall–Kier alpha value is -2.04. The van der Waals surface area contributed by atoms with Crippen LogP contribution in [-0.4, -0.2) is 55.5 Å². The number of nitrogens with zero attached hydrogens (tertiary/aromatic N) is 2. The second-order valence-corrected chi connectivity index (χ2v) is 9.06. The minimum Gasteiger partial charge on any atom is -0.336 e. The molecule has 28 heavy (non-hydrogen) atoms. The van der Waals surface area contributed by atoms with Crippen LogP contribution in [0.4, 0.5) is 13.2 Å². The van der Waals surface area contributed by atoms with Gasteiger partial charge in [-0.3, -0.25) is 4.79 Å². The van der Waals surface area contributed by atoms with Crippen molar-refractivity contribution in [2.75, 3.05) is 26.2 Å². The van der Waals surface area contributed by atoms with Crippen molar-refractivity contribution in [3.63, 3.8) is 0 Å². The third kappa shape index (κ3) is 4.68. The number of amides is 1. The Morgan fingerprint density at radius 1 is 1.00 bits per heavy atom. The van der Waals surface area contributed by atoms with Crippen molar-refractivity contribution in [2.45, 2.75) is 15.5 Å². The van der Waals surface area contributed by atoms with Crippen molar-refractivity contribution in [1.82, 2.24) is 9.21 Å². The van der Waals surface area contributed by atoms with Crippen LogP contribution >= 0.6 is 11.8 Å². The maximum atomic E-state index is 13.3. The van der Waals surface area contributed by atoms with Crippen LogP contribution in [0.3, 0.4) is 0 Å². The lowest BCUT2D eigenvalue weighted by Crippen LogP contribution is -2.50. The van der Waals surface area contributed by atoms with Crippen LogP contribution in [0, 0.1) is 5.82 Å². The van der Waals surface area contributed by atoms with E-state index >= 15 is 0 Å². The monoisotopic (exact) mass is 430 g/mol. The van der Waals surface area contributed by atoms with Crippen LogP contribution in [0.15, 0.2) is 58.3 Å². The fourth-order valence-corrected chi connectivity index (χ4v) is 4.82. The first-order chi connectivity index (χ1) is 13.3. The molecule has 150 valence electrons. The highest BCUT2D eigenvalue weighted by atomic mass is 32.2. The third-order valence-corrected chi connectivity index (χ3v) is 6.90. The first kappa shape index (κ1) is 20.7. The minimum atomic E-state index is -3.83. The minimum absolute atomic E-state index is 0.0872. The Bertz CT molecular complexity index is 945. The third-order valence-electron chi connectivity index (χ3n) is 4.29. The quantitative estimate of drug-likeness (QED) is 0.683. The van der Waals surface area contributed by atoms with Gasteiger partial charge in [0.1, 0.15) is 5.82 Å². The maximum Gasteiger partial charge on any atom is 0.288 e. The molecular formula is C18H17F3N2O3S2. The van der Waals surface area contributed by atoms with E-state index in [-0.39, 0.29) is 37.0 Å². The predicted octanol–water partition coefficient (Wildman–Crippen LogP) is 3.29.